The first kappa shape index (κ1) is 21.6. The Balaban J connectivity index is 1.92. The molecule has 0 bridgehead atoms. The Labute approximate surface area is 181 Å². The van der Waals surface area contributed by atoms with Crippen LogP contribution in [0.5, 0.6) is 5.88 Å². The van der Waals surface area contributed by atoms with Gasteiger partial charge >= 0.3 is 6.18 Å². The molecular weight excluding hydrogens is 426 g/mol. The second kappa shape index (κ2) is 7.81. The van der Waals surface area contributed by atoms with Gasteiger partial charge in [0.1, 0.15) is 12.5 Å². The normalized spacial score (nSPS) is 13.9. The van der Waals surface area contributed by atoms with Gasteiger partial charge in [0.2, 0.25) is 5.88 Å². The first-order valence-electron chi connectivity index (χ1n) is 9.68. The minimum atomic E-state index is -4.58. The van der Waals surface area contributed by atoms with Crippen molar-refractivity contribution in [2.75, 3.05) is 23.6 Å². The van der Waals surface area contributed by atoms with Crippen LogP contribution in [0.15, 0.2) is 48.7 Å². The number of anilines is 3. The number of methoxy groups -OCH3 is 1. The molecule has 0 N–H and O–H groups in total. The van der Waals surface area contributed by atoms with Gasteiger partial charge in [-0.25, -0.2) is 9.37 Å². The van der Waals surface area contributed by atoms with Crippen molar-refractivity contribution in [2.24, 2.45) is 0 Å². The number of aromatic nitrogens is 1. The number of hydrogen-bond donors (Lipinski definition) is 0. The van der Waals surface area contributed by atoms with Crippen molar-refractivity contribution in [2.45, 2.75) is 20.0 Å². The Hall–Kier alpha value is -3.62. The lowest BCUT2D eigenvalue weighted by Gasteiger charge is -2.39. The SMILES string of the molecule is COc1nccc(N2CN(c3ccc(F)cc3C)c3cc(C(F)(F)F)ccc3C2=O)c1C. The minimum absolute atomic E-state index is 0.0758. The Morgan fingerprint density at radius 3 is 2.38 bits per heavy atom. The molecule has 0 fully saturated rings. The van der Waals surface area contributed by atoms with E-state index in [9.17, 15) is 22.4 Å². The highest BCUT2D eigenvalue weighted by Crippen LogP contribution is 2.41. The summed E-state index contributed by atoms with van der Waals surface area (Å²) >= 11 is 0. The molecule has 32 heavy (non-hydrogen) atoms. The van der Waals surface area contributed by atoms with Gasteiger partial charge in [0, 0.05) is 17.4 Å². The first-order chi connectivity index (χ1) is 15.1. The highest BCUT2D eigenvalue weighted by Gasteiger charge is 2.37. The number of halogens is 4. The van der Waals surface area contributed by atoms with Crippen LogP contribution in [0.2, 0.25) is 0 Å². The lowest BCUT2D eigenvalue weighted by Crippen LogP contribution is -2.45. The third-order valence-corrected chi connectivity index (χ3v) is 5.44. The molecule has 0 saturated heterocycles. The van der Waals surface area contributed by atoms with E-state index in [2.05, 4.69) is 4.98 Å². The van der Waals surface area contributed by atoms with Gasteiger partial charge in [-0.2, -0.15) is 13.2 Å². The molecule has 0 unspecified atom stereocenters. The van der Waals surface area contributed by atoms with Crippen LogP contribution in [0.25, 0.3) is 0 Å². The van der Waals surface area contributed by atoms with Gasteiger partial charge in [0.25, 0.3) is 5.91 Å². The topological polar surface area (TPSA) is 45.7 Å². The van der Waals surface area contributed by atoms with Crippen molar-refractivity contribution in [3.8, 4) is 5.88 Å². The number of aryl methyl sites for hydroxylation is 1. The van der Waals surface area contributed by atoms with Crippen LogP contribution in [-0.4, -0.2) is 24.7 Å². The summed E-state index contributed by atoms with van der Waals surface area (Å²) in [6.07, 6.45) is -3.09. The molecule has 4 rings (SSSR count). The van der Waals surface area contributed by atoms with Crippen LogP contribution >= 0.6 is 0 Å². The molecular formula is C23H19F4N3O2. The summed E-state index contributed by atoms with van der Waals surface area (Å²) in [5.41, 5.74) is 1.46. The average molecular weight is 445 g/mol. The molecule has 0 spiro atoms. The van der Waals surface area contributed by atoms with Crippen LogP contribution in [-0.2, 0) is 6.18 Å². The summed E-state index contributed by atoms with van der Waals surface area (Å²) in [5, 5.41) is 0. The Kier molecular flexibility index (Phi) is 5.28. The van der Waals surface area contributed by atoms with Crippen LogP contribution in [0.4, 0.5) is 34.6 Å². The maximum atomic E-state index is 13.7. The zero-order valence-electron chi connectivity index (χ0n) is 17.5. The van der Waals surface area contributed by atoms with Crippen LogP contribution < -0.4 is 14.5 Å². The number of amides is 1. The van der Waals surface area contributed by atoms with Crippen molar-refractivity contribution in [1.82, 2.24) is 4.98 Å². The monoisotopic (exact) mass is 445 g/mol. The summed E-state index contributed by atoms with van der Waals surface area (Å²) in [6, 6.07) is 8.67. The molecule has 0 atom stereocenters. The Morgan fingerprint density at radius 2 is 1.72 bits per heavy atom. The number of carbonyl (C=O) groups excluding carboxylic acids is 1. The summed E-state index contributed by atoms with van der Waals surface area (Å²) < 4.78 is 59.2. The molecule has 0 saturated carbocycles. The quantitative estimate of drug-likeness (QED) is 0.491. The van der Waals surface area contributed by atoms with Crippen LogP contribution in [0.3, 0.4) is 0 Å². The maximum Gasteiger partial charge on any atom is 0.416 e. The third kappa shape index (κ3) is 3.63. The molecule has 1 amide bonds. The Bertz CT molecular complexity index is 1210. The standard InChI is InChI=1S/C23H19F4N3O2/c1-13-10-16(24)5-7-18(13)29-12-30(19-8-9-28-21(32-3)14(19)2)22(31)17-6-4-15(11-20(17)29)23(25,26)27/h4-11H,12H2,1-3H3. The number of hydrogen-bond acceptors (Lipinski definition) is 4. The van der Waals surface area contributed by atoms with E-state index >= 15 is 0 Å². The van der Waals surface area contributed by atoms with E-state index in [0.717, 1.165) is 12.1 Å². The van der Waals surface area contributed by atoms with Gasteiger partial charge in [0.15, 0.2) is 0 Å². The van der Waals surface area contributed by atoms with Gasteiger partial charge in [0.05, 0.1) is 29.6 Å². The number of rotatable bonds is 3. The fourth-order valence-electron chi connectivity index (χ4n) is 3.86. The summed E-state index contributed by atoms with van der Waals surface area (Å²) in [7, 11) is 1.46. The number of alkyl halides is 3. The number of pyridine rings is 1. The molecule has 166 valence electrons. The molecule has 1 aliphatic rings. The maximum absolute atomic E-state index is 13.7. The zero-order valence-corrected chi connectivity index (χ0v) is 17.5. The van der Waals surface area contributed by atoms with E-state index in [1.54, 1.807) is 24.8 Å². The predicted octanol–water partition coefficient (Wildman–Crippen LogP) is 5.62. The van der Waals surface area contributed by atoms with Crippen LogP contribution in [0.1, 0.15) is 27.0 Å². The number of nitrogens with zero attached hydrogens (tertiary/aromatic N) is 3. The lowest BCUT2D eigenvalue weighted by atomic mass is 10.0. The van der Waals surface area contributed by atoms with E-state index in [1.807, 2.05) is 0 Å². The highest BCUT2D eigenvalue weighted by atomic mass is 19.4. The van der Waals surface area contributed by atoms with E-state index < -0.39 is 23.5 Å². The predicted molar refractivity (Wildman–Crippen MR) is 112 cm³/mol. The van der Waals surface area contributed by atoms with Crippen molar-refractivity contribution < 1.29 is 27.1 Å². The molecule has 3 aromatic rings. The second-order valence-corrected chi connectivity index (χ2v) is 7.43. The lowest BCUT2D eigenvalue weighted by molar-refractivity contribution is -0.137. The van der Waals surface area contributed by atoms with Gasteiger partial charge in [-0.3, -0.25) is 9.69 Å². The smallest absolute Gasteiger partial charge is 0.416 e. The molecule has 9 heteroatoms. The molecule has 1 aliphatic heterocycles. The van der Waals surface area contributed by atoms with Gasteiger partial charge in [-0.05, 0) is 61.9 Å². The zero-order chi connectivity index (χ0) is 23.2. The number of benzene rings is 2. The first-order valence-corrected chi connectivity index (χ1v) is 9.68. The summed E-state index contributed by atoms with van der Waals surface area (Å²) in [5.74, 6) is -0.589. The molecule has 0 aliphatic carbocycles. The largest absolute Gasteiger partial charge is 0.481 e. The van der Waals surface area contributed by atoms with E-state index in [-0.39, 0.29) is 17.9 Å². The summed E-state index contributed by atoms with van der Waals surface area (Å²) in [6.45, 7) is 3.32. The van der Waals surface area contributed by atoms with Crippen LogP contribution in [0, 0.1) is 19.7 Å². The second-order valence-electron chi connectivity index (χ2n) is 7.43. The van der Waals surface area contributed by atoms with Crippen molar-refractivity contribution >= 4 is 23.0 Å². The number of fused-ring (bicyclic) bond motifs is 1. The average Bonchev–Trinajstić information content (AvgIpc) is 2.74. The van der Waals surface area contributed by atoms with Crippen molar-refractivity contribution in [3.63, 3.8) is 0 Å². The molecule has 0 radical (unpaired) electrons. The number of ether oxygens (including phenoxy) is 1. The molecule has 2 aromatic carbocycles. The molecule has 1 aromatic heterocycles. The van der Waals surface area contributed by atoms with E-state index in [1.165, 1.54) is 42.5 Å². The third-order valence-electron chi connectivity index (χ3n) is 5.44. The van der Waals surface area contributed by atoms with Gasteiger partial charge in [-0.15, -0.1) is 0 Å². The van der Waals surface area contributed by atoms with E-state index in [0.29, 0.717) is 28.4 Å². The fraction of sp³-hybridized carbons (Fsp3) is 0.217. The van der Waals surface area contributed by atoms with Crippen molar-refractivity contribution in [1.29, 1.82) is 0 Å². The van der Waals surface area contributed by atoms with Gasteiger partial charge in [-0.1, -0.05) is 0 Å². The van der Waals surface area contributed by atoms with E-state index in [4.69, 9.17) is 4.74 Å². The fourth-order valence-corrected chi connectivity index (χ4v) is 3.86. The Morgan fingerprint density at radius 1 is 0.969 bits per heavy atom. The molecule has 5 nitrogen and oxygen atoms in total. The summed E-state index contributed by atoms with van der Waals surface area (Å²) in [4.78, 5) is 20.5. The molecule has 2 heterocycles. The van der Waals surface area contributed by atoms with Crippen molar-refractivity contribution in [3.05, 3.63) is 76.7 Å². The minimum Gasteiger partial charge on any atom is -0.481 e. The van der Waals surface area contributed by atoms with Gasteiger partial charge < -0.3 is 9.64 Å². The number of carbonyl (C=O) groups is 1. The highest BCUT2D eigenvalue weighted by molar-refractivity contribution is 6.13.